The molecule has 1 unspecified atom stereocenters. The van der Waals surface area contributed by atoms with Crippen LogP contribution in [0.25, 0.3) is 0 Å². The summed E-state index contributed by atoms with van der Waals surface area (Å²) in [7, 11) is -3.73. The van der Waals surface area contributed by atoms with Crippen LogP contribution >= 0.6 is 11.6 Å². The van der Waals surface area contributed by atoms with Gasteiger partial charge >= 0.3 is 0 Å². The zero-order valence-electron chi connectivity index (χ0n) is 13.3. The standard InChI is InChI=1S/C16H17ClFN3O3S/c1-10(16(22)21-15-7-4-12(18)8-14(15)17)20-9-11-2-5-13(6-3-11)25(19,23)24/h2-8,10,20H,9H2,1H3,(H,21,22)(H2,19,23,24). The minimum Gasteiger partial charge on any atom is -0.323 e. The number of primary sulfonamides is 1. The van der Waals surface area contributed by atoms with Crippen LogP contribution in [0.2, 0.25) is 5.02 Å². The normalized spacial score (nSPS) is 12.6. The number of rotatable bonds is 6. The quantitative estimate of drug-likeness (QED) is 0.709. The van der Waals surface area contributed by atoms with E-state index < -0.39 is 21.9 Å². The first-order valence-electron chi connectivity index (χ1n) is 7.28. The molecule has 1 amide bonds. The van der Waals surface area contributed by atoms with Crippen molar-refractivity contribution in [3.63, 3.8) is 0 Å². The van der Waals surface area contributed by atoms with Crippen LogP contribution in [0, 0.1) is 5.82 Å². The van der Waals surface area contributed by atoms with Crippen LogP contribution in [0.3, 0.4) is 0 Å². The van der Waals surface area contributed by atoms with Crippen molar-refractivity contribution in [3.8, 4) is 0 Å². The monoisotopic (exact) mass is 385 g/mol. The lowest BCUT2D eigenvalue weighted by Crippen LogP contribution is -2.37. The molecule has 0 aliphatic rings. The van der Waals surface area contributed by atoms with Gasteiger partial charge in [0.2, 0.25) is 15.9 Å². The molecule has 0 aliphatic carbocycles. The second-order valence-corrected chi connectivity index (χ2v) is 7.37. The number of carbonyl (C=O) groups excluding carboxylic acids is 1. The first kappa shape index (κ1) is 19.3. The highest BCUT2D eigenvalue weighted by molar-refractivity contribution is 7.89. The summed E-state index contributed by atoms with van der Waals surface area (Å²) in [4.78, 5) is 12.2. The number of carbonyl (C=O) groups is 1. The van der Waals surface area contributed by atoms with Gasteiger partial charge in [0.15, 0.2) is 0 Å². The molecule has 1 atom stereocenters. The van der Waals surface area contributed by atoms with Crippen molar-refractivity contribution in [1.82, 2.24) is 5.32 Å². The molecule has 0 saturated carbocycles. The van der Waals surface area contributed by atoms with Gasteiger partial charge in [0, 0.05) is 6.54 Å². The van der Waals surface area contributed by atoms with Crippen molar-refractivity contribution in [3.05, 3.63) is 58.9 Å². The molecular formula is C16H17ClFN3O3S. The van der Waals surface area contributed by atoms with E-state index in [1.54, 1.807) is 19.1 Å². The highest BCUT2D eigenvalue weighted by Crippen LogP contribution is 2.22. The summed E-state index contributed by atoms with van der Waals surface area (Å²) in [5.41, 5.74) is 1.10. The zero-order valence-corrected chi connectivity index (χ0v) is 14.9. The number of benzene rings is 2. The van der Waals surface area contributed by atoms with E-state index in [9.17, 15) is 17.6 Å². The summed E-state index contributed by atoms with van der Waals surface area (Å²) in [5, 5.41) is 10.7. The highest BCUT2D eigenvalue weighted by Gasteiger charge is 2.14. The Morgan fingerprint density at radius 1 is 1.24 bits per heavy atom. The van der Waals surface area contributed by atoms with Gasteiger partial charge in [-0.3, -0.25) is 4.79 Å². The third-order valence-electron chi connectivity index (χ3n) is 3.45. The number of hydrogen-bond donors (Lipinski definition) is 3. The first-order chi connectivity index (χ1) is 11.7. The predicted octanol–water partition coefficient (Wildman–Crippen LogP) is 2.24. The Balaban J connectivity index is 1.93. The number of hydrogen-bond acceptors (Lipinski definition) is 4. The Morgan fingerprint density at radius 2 is 1.88 bits per heavy atom. The molecule has 4 N–H and O–H groups in total. The van der Waals surface area contributed by atoms with Gasteiger partial charge in [-0.25, -0.2) is 17.9 Å². The van der Waals surface area contributed by atoms with Crippen LogP contribution in [0.4, 0.5) is 10.1 Å². The van der Waals surface area contributed by atoms with Gasteiger partial charge in [0.05, 0.1) is 21.6 Å². The molecule has 2 aromatic rings. The van der Waals surface area contributed by atoms with Gasteiger partial charge in [-0.05, 0) is 42.8 Å². The topological polar surface area (TPSA) is 101 Å². The van der Waals surface area contributed by atoms with E-state index in [1.807, 2.05) is 0 Å². The SMILES string of the molecule is CC(NCc1ccc(S(N)(=O)=O)cc1)C(=O)Nc1ccc(F)cc1Cl. The number of anilines is 1. The van der Waals surface area contributed by atoms with Gasteiger partial charge in [-0.15, -0.1) is 0 Å². The van der Waals surface area contributed by atoms with E-state index >= 15 is 0 Å². The number of sulfonamides is 1. The van der Waals surface area contributed by atoms with Crippen LogP contribution in [-0.4, -0.2) is 20.4 Å². The first-order valence-corrected chi connectivity index (χ1v) is 9.20. The summed E-state index contributed by atoms with van der Waals surface area (Å²) in [5.74, 6) is -0.827. The fourth-order valence-electron chi connectivity index (χ4n) is 1.99. The van der Waals surface area contributed by atoms with Crippen LogP contribution in [0.15, 0.2) is 47.4 Å². The fraction of sp³-hybridized carbons (Fsp3) is 0.188. The Hall–Kier alpha value is -2.00. The summed E-state index contributed by atoms with van der Waals surface area (Å²) in [6, 6.07) is 9.15. The smallest absolute Gasteiger partial charge is 0.241 e. The largest absolute Gasteiger partial charge is 0.323 e. The van der Waals surface area contributed by atoms with Crippen molar-refractivity contribution in [2.45, 2.75) is 24.4 Å². The van der Waals surface area contributed by atoms with E-state index in [2.05, 4.69) is 10.6 Å². The molecule has 2 aromatic carbocycles. The van der Waals surface area contributed by atoms with Gasteiger partial charge in [-0.1, -0.05) is 23.7 Å². The number of nitrogens with two attached hydrogens (primary N) is 1. The van der Waals surface area contributed by atoms with Crippen molar-refractivity contribution >= 4 is 33.2 Å². The summed E-state index contributed by atoms with van der Waals surface area (Å²) in [6.45, 7) is 2.00. The summed E-state index contributed by atoms with van der Waals surface area (Å²) >= 11 is 5.87. The minimum absolute atomic E-state index is 0.0213. The Bertz CT molecular complexity index is 873. The lowest BCUT2D eigenvalue weighted by molar-refractivity contribution is -0.117. The van der Waals surface area contributed by atoms with Gasteiger partial charge in [0.25, 0.3) is 0 Å². The maximum Gasteiger partial charge on any atom is 0.241 e. The number of halogens is 2. The maximum atomic E-state index is 13.0. The average Bonchev–Trinajstić information content (AvgIpc) is 2.54. The third kappa shape index (κ3) is 5.50. The predicted molar refractivity (Wildman–Crippen MR) is 94.2 cm³/mol. The van der Waals surface area contributed by atoms with E-state index in [1.165, 1.54) is 24.3 Å². The molecule has 0 saturated heterocycles. The average molecular weight is 386 g/mol. The van der Waals surface area contributed by atoms with Crippen molar-refractivity contribution in [2.24, 2.45) is 5.14 Å². The minimum atomic E-state index is -3.73. The molecule has 134 valence electrons. The number of nitrogens with one attached hydrogen (secondary N) is 2. The zero-order chi connectivity index (χ0) is 18.6. The van der Waals surface area contributed by atoms with Crippen molar-refractivity contribution < 1.29 is 17.6 Å². The lowest BCUT2D eigenvalue weighted by atomic mass is 10.2. The van der Waals surface area contributed by atoms with Gasteiger partial charge in [-0.2, -0.15) is 0 Å². The van der Waals surface area contributed by atoms with E-state index in [0.717, 1.165) is 11.6 Å². The van der Waals surface area contributed by atoms with Crippen LogP contribution in [0.5, 0.6) is 0 Å². The van der Waals surface area contributed by atoms with Gasteiger partial charge in [0.1, 0.15) is 5.82 Å². The third-order valence-corrected chi connectivity index (χ3v) is 4.69. The Kier molecular flexibility index (Phi) is 6.12. The van der Waals surface area contributed by atoms with Crippen molar-refractivity contribution in [1.29, 1.82) is 0 Å². The Morgan fingerprint density at radius 3 is 2.44 bits per heavy atom. The molecule has 0 aromatic heterocycles. The molecule has 0 radical (unpaired) electrons. The molecule has 0 aliphatic heterocycles. The second kappa shape index (κ2) is 7.92. The molecule has 25 heavy (non-hydrogen) atoms. The molecule has 9 heteroatoms. The molecule has 6 nitrogen and oxygen atoms in total. The summed E-state index contributed by atoms with van der Waals surface area (Å²) < 4.78 is 35.4. The second-order valence-electron chi connectivity index (χ2n) is 5.40. The van der Waals surface area contributed by atoms with Crippen LogP contribution in [0.1, 0.15) is 12.5 Å². The van der Waals surface area contributed by atoms with E-state index in [4.69, 9.17) is 16.7 Å². The van der Waals surface area contributed by atoms with Gasteiger partial charge < -0.3 is 10.6 Å². The Labute approximate surface area is 150 Å². The summed E-state index contributed by atoms with van der Waals surface area (Å²) in [6.07, 6.45) is 0. The van der Waals surface area contributed by atoms with Crippen LogP contribution < -0.4 is 15.8 Å². The highest BCUT2D eigenvalue weighted by atomic mass is 35.5. The number of amides is 1. The molecular weight excluding hydrogens is 369 g/mol. The molecule has 0 spiro atoms. The van der Waals surface area contributed by atoms with E-state index in [-0.39, 0.29) is 15.8 Å². The maximum absolute atomic E-state index is 13.0. The molecule has 2 rings (SSSR count). The molecule has 0 heterocycles. The molecule has 0 bridgehead atoms. The van der Waals surface area contributed by atoms with Crippen LogP contribution in [-0.2, 0) is 21.4 Å². The fourth-order valence-corrected chi connectivity index (χ4v) is 2.72. The van der Waals surface area contributed by atoms with E-state index in [0.29, 0.717) is 12.2 Å². The van der Waals surface area contributed by atoms with Crippen molar-refractivity contribution in [2.75, 3.05) is 5.32 Å². The molecule has 0 fully saturated rings. The lowest BCUT2D eigenvalue weighted by Gasteiger charge is -2.15.